The molecule has 0 aliphatic carbocycles. The highest BCUT2D eigenvalue weighted by Crippen LogP contribution is 2.39. The first kappa shape index (κ1) is 22.8. The lowest BCUT2D eigenvalue weighted by Crippen LogP contribution is -2.46. The summed E-state index contributed by atoms with van der Waals surface area (Å²) in [5, 5.41) is 9.87. The van der Waals surface area contributed by atoms with E-state index in [9.17, 15) is 14.4 Å². The molecule has 6 rings (SSSR count). The van der Waals surface area contributed by atoms with Crippen LogP contribution in [-0.2, 0) is 28.6 Å². The van der Waals surface area contributed by atoms with Gasteiger partial charge in [0.2, 0.25) is 11.8 Å². The molecule has 3 aromatic heterocycles. The van der Waals surface area contributed by atoms with Gasteiger partial charge in [0.1, 0.15) is 34.1 Å². The Bertz CT molecular complexity index is 1580. The Morgan fingerprint density at radius 1 is 1.19 bits per heavy atom. The van der Waals surface area contributed by atoms with E-state index < -0.39 is 17.2 Å². The number of furan rings is 1. The topological polar surface area (TPSA) is 132 Å². The van der Waals surface area contributed by atoms with Gasteiger partial charge in [0.25, 0.3) is 5.91 Å². The van der Waals surface area contributed by atoms with Crippen molar-refractivity contribution in [2.24, 2.45) is 7.05 Å². The number of hydrogen-bond acceptors (Lipinski definition) is 8. The molecule has 37 heavy (non-hydrogen) atoms. The van der Waals surface area contributed by atoms with E-state index in [1.807, 2.05) is 20.0 Å². The Kier molecular flexibility index (Phi) is 5.04. The van der Waals surface area contributed by atoms with Crippen molar-refractivity contribution in [3.63, 3.8) is 0 Å². The molecule has 0 spiro atoms. The molecule has 2 N–H and O–H groups in total. The number of carbonyl (C=O) groups excluding carboxylic acids is 3. The minimum absolute atomic E-state index is 0.0143. The predicted molar refractivity (Wildman–Crippen MR) is 132 cm³/mol. The van der Waals surface area contributed by atoms with Gasteiger partial charge in [-0.3, -0.25) is 24.4 Å². The number of rotatable bonds is 6. The second kappa shape index (κ2) is 8.19. The molecule has 11 nitrogen and oxygen atoms in total. The highest BCUT2D eigenvalue weighted by Gasteiger charge is 2.53. The minimum atomic E-state index is -1.37. The van der Waals surface area contributed by atoms with E-state index >= 15 is 0 Å². The molecule has 5 heterocycles. The molecular formula is C26H24N6O5. The number of amides is 3. The standard InChI is InChI=1S/C26H24N6O5/c1-14-11-27-31(2)23(14)29-21-7-6-19-18(28-21)9-20(37-19)26(10-22(33)30-25(26)35)13-32-12-15-4-5-16(36-3)8-17(15)24(32)34/h4-9,11H,10,12-13H2,1-3H3,(H,28,29)(H,30,33,35)/t26-/m1/s1. The van der Waals surface area contributed by atoms with Crippen molar-refractivity contribution in [1.29, 1.82) is 0 Å². The lowest BCUT2D eigenvalue weighted by Gasteiger charge is -2.28. The van der Waals surface area contributed by atoms with Crippen LogP contribution >= 0.6 is 0 Å². The molecule has 1 fully saturated rings. The number of methoxy groups -OCH3 is 1. The molecule has 0 radical (unpaired) electrons. The molecule has 1 aromatic carbocycles. The van der Waals surface area contributed by atoms with E-state index in [-0.39, 0.29) is 24.6 Å². The summed E-state index contributed by atoms with van der Waals surface area (Å²) in [6.07, 6.45) is 1.62. The monoisotopic (exact) mass is 500 g/mol. The van der Waals surface area contributed by atoms with Crippen LogP contribution in [0.5, 0.6) is 5.75 Å². The summed E-state index contributed by atoms with van der Waals surface area (Å²) in [6, 6.07) is 10.5. The first-order valence-electron chi connectivity index (χ1n) is 11.7. The van der Waals surface area contributed by atoms with Crippen LogP contribution in [0.1, 0.15) is 33.7 Å². The van der Waals surface area contributed by atoms with Crippen molar-refractivity contribution in [3.05, 3.63) is 65.0 Å². The Morgan fingerprint density at radius 3 is 2.73 bits per heavy atom. The fraction of sp³-hybridized carbons (Fsp3) is 0.269. The third-order valence-corrected chi connectivity index (χ3v) is 7.02. The number of benzene rings is 1. The van der Waals surface area contributed by atoms with Gasteiger partial charge in [-0.1, -0.05) is 6.07 Å². The number of aromatic nitrogens is 3. The van der Waals surface area contributed by atoms with Crippen LogP contribution in [0.2, 0.25) is 0 Å². The van der Waals surface area contributed by atoms with Crippen molar-refractivity contribution in [1.82, 2.24) is 25.0 Å². The average molecular weight is 501 g/mol. The van der Waals surface area contributed by atoms with Crippen molar-refractivity contribution < 1.29 is 23.5 Å². The molecule has 11 heteroatoms. The number of aryl methyl sites for hydroxylation is 2. The van der Waals surface area contributed by atoms with Gasteiger partial charge in [0, 0.05) is 37.3 Å². The van der Waals surface area contributed by atoms with Crippen molar-refractivity contribution >= 4 is 40.5 Å². The summed E-state index contributed by atoms with van der Waals surface area (Å²) in [5.74, 6) is 1.09. The van der Waals surface area contributed by atoms with E-state index in [0.717, 1.165) is 16.9 Å². The number of imide groups is 1. The zero-order valence-electron chi connectivity index (χ0n) is 20.5. The van der Waals surface area contributed by atoms with Gasteiger partial charge in [0.05, 0.1) is 19.7 Å². The number of fused-ring (bicyclic) bond motifs is 2. The summed E-state index contributed by atoms with van der Waals surface area (Å²) in [7, 11) is 3.37. The van der Waals surface area contributed by atoms with Gasteiger partial charge in [-0.2, -0.15) is 5.10 Å². The van der Waals surface area contributed by atoms with E-state index in [1.165, 1.54) is 7.11 Å². The highest BCUT2D eigenvalue weighted by atomic mass is 16.5. The Balaban J connectivity index is 1.35. The van der Waals surface area contributed by atoms with Gasteiger partial charge in [0.15, 0.2) is 5.58 Å². The van der Waals surface area contributed by atoms with Crippen LogP contribution in [0.3, 0.4) is 0 Å². The van der Waals surface area contributed by atoms with E-state index in [4.69, 9.17) is 9.15 Å². The molecule has 1 saturated heterocycles. The highest BCUT2D eigenvalue weighted by molar-refractivity contribution is 6.10. The van der Waals surface area contributed by atoms with Gasteiger partial charge < -0.3 is 19.4 Å². The first-order chi connectivity index (χ1) is 17.8. The van der Waals surface area contributed by atoms with E-state index in [2.05, 4.69) is 20.7 Å². The number of anilines is 2. The smallest absolute Gasteiger partial charge is 0.254 e. The summed E-state index contributed by atoms with van der Waals surface area (Å²) in [6.45, 7) is 2.24. The quantitative estimate of drug-likeness (QED) is 0.386. The predicted octanol–water partition coefficient (Wildman–Crippen LogP) is 2.56. The fourth-order valence-corrected chi connectivity index (χ4v) is 5.05. The van der Waals surface area contributed by atoms with Crippen LogP contribution in [-0.4, -0.2) is 51.0 Å². The number of carbonyl (C=O) groups is 3. The van der Waals surface area contributed by atoms with E-state index in [1.54, 1.807) is 46.1 Å². The SMILES string of the molecule is COc1ccc2c(c1)C(=O)N(C[C@@]1(c3cc4nc(Nc5c(C)cnn5C)ccc4o3)CC(=O)NC1=O)C2. The summed E-state index contributed by atoms with van der Waals surface area (Å²) < 4.78 is 13.1. The van der Waals surface area contributed by atoms with Crippen molar-refractivity contribution in [3.8, 4) is 5.75 Å². The Hall–Kier alpha value is -4.67. The molecule has 2 aliphatic heterocycles. The number of nitrogens with zero attached hydrogens (tertiary/aromatic N) is 4. The molecule has 2 aliphatic rings. The van der Waals surface area contributed by atoms with Crippen LogP contribution in [0.4, 0.5) is 11.6 Å². The van der Waals surface area contributed by atoms with Gasteiger partial charge in [-0.05, 0) is 36.8 Å². The third kappa shape index (κ3) is 3.62. The molecule has 0 unspecified atom stereocenters. The molecule has 3 amide bonds. The van der Waals surface area contributed by atoms with Gasteiger partial charge >= 0.3 is 0 Å². The fourth-order valence-electron chi connectivity index (χ4n) is 5.05. The third-order valence-electron chi connectivity index (χ3n) is 7.02. The zero-order valence-corrected chi connectivity index (χ0v) is 20.5. The molecule has 1 atom stereocenters. The molecule has 0 saturated carbocycles. The lowest BCUT2D eigenvalue weighted by molar-refractivity contribution is -0.127. The molecule has 188 valence electrons. The summed E-state index contributed by atoms with van der Waals surface area (Å²) >= 11 is 0. The number of hydrogen-bond donors (Lipinski definition) is 2. The van der Waals surface area contributed by atoms with Crippen LogP contribution in [0.25, 0.3) is 11.1 Å². The summed E-state index contributed by atoms with van der Waals surface area (Å²) in [4.78, 5) is 45.0. The lowest BCUT2D eigenvalue weighted by atomic mass is 9.82. The Labute approximate surface area is 211 Å². The number of nitrogens with one attached hydrogen (secondary N) is 2. The second-order valence-corrected chi connectivity index (χ2v) is 9.44. The Morgan fingerprint density at radius 2 is 2.03 bits per heavy atom. The van der Waals surface area contributed by atoms with Crippen LogP contribution in [0, 0.1) is 6.92 Å². The zero-order chi connectivity index (χ0) is 25.9. The van der Waals surface area contributed by atoms with Crippen molar-refractivity contribution in [2.45, 2.75) is 25.3 Å². The maximum absolute atomic E-state index is 13.2. The van der Waals surface area contributed by atoms with Crippen molar-refractivity contribution in [2.75, 3.05) is 19.0 Å². The second-order valence-electron chi connectivity index (χ2n) is 9.44. The molecular weight excluding hydrogens is 476 g/mol. The van der Waals surface area contributed by atoms with Crippen LogP contribution < -0.4 is 15.4 Å². The number of ether oxygens (including phenoxy) is 1. The van der Waals surface area contributed by atoms with Crippen LogP contribution in [0.15, 0.2) is 47.0 Å². The average Bonchev–Trinajstić information content (AvgIpc) is 3.61. The maximum atomic E-state index is 13.2. The summed E-state index contributed by atoms with van der Waals surface area (Å²) in [5.41, 5.74) is 1.93. The first-order valence-corrected chi connectivity index (χ1v) is 11.7. The van der Waals surface area contributed by atoms with Gasteiger partial charge in [-0.25, -0.2) is 4.98 Å². The normalized spacial score (nSPS) is 19.0. The minimum Gasteiger partial charge on any atom is -0.497 e. The largest absolute Gasteiger partial charge is 0.497 e. The number of pyridine rings is 1. The van der Waals surface area contributed by atoms with Gasteiger partial charge in [-0.15, -0.1) is 0 Å². The molecule has 0 bridgehead atoms. The molecule has 4 aromatic rings. The van der Waals surface area contributed by atoms with E-state index in [0.29, 0.717) is 34.8 Å². The maximum Gasteiger partial charge on any atom is 0.254 e.